The number of carbonyl (C=O) groups excluding carboxylic acids is 1. The van der Waals surface area contributed by atoms with E-state index < -0.39 is 6.04 Å². The van der Waals surface area contributed by atoms with E-state index in [2.05, 4.69) is 0 Å². The molecule has 1 saturated heterocycles. The molecule has 1 aliphatic rings. The molecule has 1 amide bonds. The monoisotopic (exact) mass is 234 g/mol. The van der Waals surface area contributed by atoms with Crippen LogP contribution in [0.15, 0.2) is 30.3 Å². The van der Waals surface area contributed by atoms with Crippen LogP contribution in [0, 0.1) is 0 Å². The number of β-amino-alcohol motifs (C(OH)–C–C–N with tert-alkyl or cyclic N) is 1. The third-order valence-corrected chi connectivity index (χ3v) is 3.09. The van der Waals surface area contributed by atoms with Gasteiger partial charge in [-0.25, -0.2) is 0 Å². The van der Waals surface area contributed by atoms with Crippen LogP contribution in [0.5, 0.6) is 0 Å². The number of likely N-dealkylation sites (tertiary alicyclic amines) is 1. The van der Waals surface area contributed by atoms with Gasteiger partial charge >= 0.3 is 0 Å². The van der Waals surface area contributed by atoms with E-state index in [1.54, 1.807) is 4.90 Å². The van der Waals surface area contributed by atoms with E-state index in [4.69, 9.17) is 5.73 Å². The van der Waals surface area contributed by atoms with Crippen molar-refractivity contribution in [2.45, 2.75) is 25.0 Å². The van der Waals surface area contributed by atoms with E-state index in [0.717, 1.165) is 5.56 Å². The normalized spacial score (nSPS) is 21.5. The molecular formula is C13H18N2O2. The number of rotatable bonds is 3. The summed E-state index contributed by atoms with van der Waals surface area (Å²) in [5.74, 6) is -0.0644. The molecule has 0 radical (unpaired) electrons. The zero-order valence-corrected chi connectivity index (χ0v) is 9.75. The molecule has 3 N–H and O–H groups in total. The summed E-state index contributed by atoms with van der Waals surface area (Å²) in [4.78, 5) is 13.6. The molecule has 0 saturated carbocycles. The molecule has 0 aliphatic carbocycles. The summed E-state index contributed by atoms with van der Waals surface area (Å²) in [7, 11) is 0. The van der Waals surface area contributed by atoms with Crippen LogP contribution in [0.1, 0.15) is 12.0 Å². The molecule has 1 heterocycles. The summed E-state index contributed by atoms with van der Waals surface area (Å²) in [6.45, 7) is 1.03. The van der Waals surface area contributed by atoms with E-state index in [1.165, 1.54) is 0 Å². The van der Waals surface area contributed by atoms with E-state index in [0.29, 0.717) is 25.9 Å². The van der Waals surface area contributed by atoms with Crippen molar-refractivity contribution in [1.29, 1.82) is 0 Å². The van der Waals surface area contributed by atoms with Crippen molar-refractivity contribution in [3.05, 3.63) is 35.9 Å². The first-order valence-electron chi connectivity index (χ1n) is 5.93. The van der Waals surface area contributed by atoms with Crippen LogP contribution in [-0.2, 0) is 11.2 Å². The van der Waals surface area contributed by atoms with Gasteiger partial charge in [0.1, 0.15) is 0 Å². The zero-order chi connectivity index (χ0) is 12.3. The number of aliphatic hydroxyl groups is 1. The molecule has 1 fully saturated rings. The average molecular weight is 234 g/mol. The van der Waals surface area contributed by atoms with Gasteiger partial charge in [-0.1, -0.05) is 30.3 Å². The van der Waals surface area contributed by atoms with E-state index in [-0.39, 0.29) is 12.0 Å². The molecule has 2 atom stereocenters. The standard InChI is InChI=1S/C13H18N2O2/c14-12(8-10-4-2-1-3-5-10)13(17)15-7-6-11(16)9-15/h1-5,11-12,16H,6-9,14H2/t11?,12-/m0/s1. The smallest absolute Gasteiger partial charge is 0.239 e. The van der Waals surface area contributed by atoms with Gasteiger partial charge in [0, 0.05) is 13.1 Å². The van der Waals surface area contributed by atoms with Gasteiger partial charge in [0.2, 0.25) is 5.91 Å². The quantitative estimate of drug-likeness (QED) is 0.782. The summed E-state index contributed by atoms with van der Waals surface area (Å²) in [5.41, 5.74) is 6.96. The number of aliphatic hydroxyl groups excluding tert-OH is 1. The lowest BCUT2D eigenvalue weighted by Gasteiger charge is -2.20. The number of carbonyl (C=O) groups is 1. The minimum absolute atomic E-state index is 0.0644. The number of nitrogens with zero attached hydrogens (tertiary/aromatic N) is 1. The van der Waals surface area contributed by atoms with Crippen molar-refractivity contribution in [3.8, 4) is 0 Å². The van der Waals surface area contributed by atoms with Crippen LogP contribution in [0.25, 0.3) is 0 Å². The predicted octanol–water partition coefficient (Wildman–Crippen LogP) is 0.150. The first-order valence-corrected chi connectivity index (χ1v) is 5.93. The summed E-state index contributed by atoms with van der Waals surface area (Å²) >= 11 is 0. The summed E-state index contributed by atoms with van der Waals surface area (Å²) < 4.78 is 0. The lowest BCUT2D eigenvalue weighted by molar-refractivity contribution is -0.131. The lowest BCUT2D eigenvalue weighted by atomic mass is 10.1. The fourth-order valence-corrected chi connectivity index (χ4v) is 2.13. The molecule has 17 heavy (non-hydrogen) atoms. The fraction of sp³-hybridized carbons (Fsp3) is 0.462. The maximum absolute atomic E-state index is 12.0. The van der Waals surface area contributed by atoms with Crippen molar-refractivity contribution < 1.29 is 9.90 Å². The van der Waals surface area contributed by atoms with Gasteiger partial charge in [0.05, 0.1) is 12.1 Å². The number of hydrogen-bond acceptors (Lipinski definition) is 3. The highest BCUT2D eigenvalue weighted by Crippen LogP contribution is 2.11. The summed E-state index contributed by atoms with van der Waals surface area (Å²) in [5, 5.41) is 9.39. The molecule has 1 aromatic rings. The second-order valence-corrected chi connectivity index (χ2v) is 4.52. The van der Waals surface area contributed by atoms with Crippen molar-refractivity contribution >= 4 is 5.91 Å². The number of amides is 1. The Kier molecular flexibility index (Phi) is 3.76. The van der Waals surface area contributed by atoms with Gasteiger partial charge < -0.3 is 15.7 Å². The largest absolute Gasteiger partial charge is 0.391 e. The van der Waals surface area contributed by atoms with Crippen LogP contribution in [0.3, 0.4) is 0 Å². The first kappa shape index (κ1) is 12.1. The molecule has 2 rings (SSSR count). The molecule has 92 valence electrons. The zero-order valence-electron chi connectivity index (χ0n) is 9.75. The Hall–Kier alpha value is -1.39. The van der Waals surface area contributed by atoms with Crippen molar-refractivity contribution in [3.63, 3.8) is 0 Å². The van der Waals surface area contributed by atoms with Crippen molar-refractivity contribution in [2.24, 2.45) is 5.73 Å². The van der Waals surface area contributed by atoms with Crippen molar-refractivity contribution in [1.82, 2.24) is 4.90 Å². The number of benzene rings is 1. The van der Waals surface area contributed by atoms with E-state index >= 15 is 0 Å². The molecule has 1 unspecified atom stereocenters. The SMILES string of the molecule is N[C@@H](Cc1ccccc1)C(=O)N1CCC(O)C1. The molecular weight excluding hydrogens is 216 g/mol. The van der Waals surface area contributed by atoms with E-state index in [9.17, 15) is 9.90 Å². The molecule has 0 bridgehead atoms. The highest BCUT2D eigenvalue weighted by Gasteiger charge is 2.27. The number of hydrogen-bond donors (Lipinski definition) is 2. The van der Waals surface area contributed by atoms with E-state index in [1.807, 2.05) is 30.3 Å². The minimum atomic E-state index is -0.511. The summed E-state index contributed by atoms with van der Waals surface area (Å²) in [6, 6.07) is 9.23. The van der Waals surface area contributed by atoms with Crippen LogP contribution < -0.4 is 5.73 Å². The first-order chi connectivity index (χ1) is 8.16. The molecule has 0 spiro atoms. The minimum Gasteiger partial charge on any atom is -0.391 e. The Morgan fingerprint density at radius 2 is 2.18 bits per heavy atom. The Balaban J connectivity index is 1.92. The average Bonchev–Trinajstić information content (AvgIpc) is 2.76. The van der Waals surface area contributed by atoms with Crippen LogP contribution in [0.4, 0.5) is 0 Å². The third-order valence-electron chi connectivity index (χ3n) is 3.09. The molecule has 1 aromatic carbocycles. The topological polar surface area (TPSA) is 66.6 Å². The van der Waals surface area contributed by atoms with Crippen LogP contribution in [0.2, 0.25) is 0 Å². The molecule has 0 aromatic heterocycles. The Morgan fingerprint density at radius 3 is 2.76 bits per heavy atom. The lowest BCUT2D eigenvalue weighted by Crippen LogP contribution is -2.44. The van der Waals surface area contributed by atoms with Gasteiger partial charge in [-0.15, -0.1) is 0 Å². The van der Waals surface area contributed by atoms with Crippen LogP contribution in [-0.4, -0.2) is 41.1 Å². The van der Waals surface area contributed by atoms with Gasteiger partial charge in [0.25, 0.3) is 0 Å². The van der Waals surface area contributed by atoms with Crippen molar-refractivity contribution in [2.75, 3.05) is 13.1 Å². The van der Waals surface area contributed by atoms with Gasteiger partial charge in [0.15, 0.2) is 0 Å². The maximum atomic E-state index is 12.0. The fourth-order valence-electron chi connectivity index (χ4n) is 2.13. The van der Waals surface area contributed by atoms with Gasteiger partial charge in [-0.2, -0.15) is 0 Å². The summed E-state index contributed by atoms with van der Waals surface area (Å²) in [6.07, 6.45) is 0.818. The Morgan fingerprint density at radius 1 is 1.47 bits per heavy atom. The molecule has 4 heteroatoms. The van der Waals surface area contributed by atoms with Gasteiger partial charge in [-0.3, -0.25) is 4.79 Å². The number of nitrogens with two attached hydrogens (primary N) is 1. The Labute approximate surface area is 101 Å². The molecule has 4 nitrogen and oxygen atoms in total. The predicted molar refractivity (Wildman–Crippen MR) is 65.3 cm³/mol. The van der Waals surface area contributed by atoms with Crippen LogP contribution >= 0.6 is 0 Å². The second kappa shape index (κ2) is 5.29. The molecule has 1 aliphatic heterocycles. The Bertz CT molecular complexity index is 380. The highest BCUT2D eigenvalue weighted by molar-refractivity contribution is 5.82. The highest BCUT2D eigenvalue weighted by atomic mass is 16.3. The van der Waals surface area contributed by atoms with Gasteiger partial charge in [-0.05, 0) is 18.4 Å². The second-order valence-electron chi connectivity index (χ2n) is 4.52. The third kappa shape index (κ3) is 3.05. The maximum Gasteiger partial charge on any atom is 0.239 e.